The van der Waals surface area contributed by atoms with E-state index in [1.54, 1.807) is 0 Å². The molecule has 92 valence electrons. The van der Waals surface area contributed by atoms with Crippen LogP contribution in [0, 0.1) is 13.8 Å². The molecule has 0 atom stereocenters. The van der Waals surface area contributed by atoms with Gasteiger partial charge in [-0.3, -0.25) is 4.79 Å². The van der Waals surface area contributed by atoms with Crippen LogP contribution in [0.2, 0.25) is 0 Å². The first-order valence-electron chi connectivity index (χ1n) is 5.94. The van der Waals surface area contributed by atoms with Crippen molar-refractivity contribution in [2.24, 2.45) is 0 Å². The Morgan fingerprint density at radius 1 is 1.06 bits per heavy atom. The van der Waals surface area contributed by atoms with Crippen LogP contribution >= 0.6 is 0 Å². The van der Waals surface area contributed by atoms with Gasteiger partial charge in [0.25, 0.3) is 0 Å². The zero-order chi connectivity index (χ0) is 13.0. The molecule has 0 heterocycles. The van der Waals surface area contributed by atoms with Crippen LogP contribution in [0.15, 0.2) is 42.5 Å². The highest BCUT2D eigenvalue weighted by Crippen LogP contribution is 2.21. The molecule has 2 aromatic rings. The molecule has 0 aliphatic carbocycles. The lowest BCUT2D eigenvalue weighted by molar-refractivity contribution is 0.111. The van der Waals surface area contributed by atoms with Crippen molar-refractivity contribution in [2.75, 3.05) is 0 Å². The Labute approximate surface area is 107 Å². The monoisotopic (exact) mass is 240 g/mol. The smallest absolute Gasteiger partial charge is 0.154 e. The molecule has 0 saturated heterocycles. The van der Waals surface area contributed by atoms with Crippen molar-refractivity contribution in [3.63, 3.8) is 0 Å². The largest absolute Gasteiger partial charge is 0.488 e. The van der Waals surface area contributed by atoms with Crippen LogP contribution in [0.5, 0.6) is 5.75 Å². The second kappa shape index (κ2) is 5.50. The van der Waals surface area contributed by atoms with Gasteiger partial charge in [0, 0.05) is 0 Å². The minimum atomic E-state index is 0.477. The van der Waals surface area contributed by atoms with Crippen LogP contribution in [0.3, 0.4) is 0 Å². The highest BCUT2D eigenvalue weighted by Gasteiger charge is 2.05. The Morgan fingerprint density at radius 3 is 2.44 bits per heavy atom. The Hall–Kier alpha value is -2.09. The van der Waals surface area contributed by atoms with Crippen molar-refractivity contribution < 1.29 is 9.53 Å². The van der Waals surface area contributed by atoms with E-state index in [0.717, 1.165) is 17.4 Å². The van der Waals surface area contributed by atoms with E-state index in [9.17, 15) is 4.79 Å². The zero-order valence-corrected chi connectivity index (χ0v) is 10.6. The molecule has 0 radical (unpaired) electrons. The maximum absolute atomic E-state index is 11.0. The summed E-state index contributed by atoms with van der Waals surface area (Å²) in [5.74, 6) is 0.644. The summed E-state index contributed by atoms with van der Waals surface area (Å²) in [6.07, 6.45) is 0.847. The average Bonchev–Trinajstić information content (AvgIpc) is 2.38. The summed E-state index contributed by atoms with van der Waals surface area (Å²) in [5.41, 5.74) is 3.89. The molecule has 0 bridgehead atoms. The lowest BCUT2D eigenvalue weighted by Crippen LogP contribution is -1.99. The number of aldehydes is 1. The molecule has 2 rings (SSSR count). The predicted molar refractivity (Wildman–Crippen MR) is 72.1 cm³/mol. The number of carbonyl (C=O) groups is 1. The van der Waals surface area contributed by atoms with Crippen molar-refractivity contribution >= 4 is 6.29 Å². The van der Waals surface area contributed by atoms with Crippen LogP contribution in [0.1, 0.15) is 27.0 Å². The number of rotatable bonds is 4. The van der Waals surface area contributed by atoms with Crippen LogP contribution in [-0.4, -0.2) is 6.29 Å². The number of hydrogen-bond acceptors (Lipinski definition) is 2. The molecular weight excluding hydrogens is 224 g/mol. The molecular formula is C16H16O2. The summed E-state index contributed by atoms with van der Waals surface area (Å²) in [6.45, 7) is 4.43. The summed E-state index contributed by atoms with van der Waals surface area (Å²) in [4.78, 5) is 11.0. The maximum atomic E-state index is 11.0. The van der Waals surface area contributed by atoms with Crippen LogP contribution in [-0.2, 0) is 6.61 Å². The number of benzene rings is 2. The van der Waals surface area contributed by atoms with Crippen LogP contribution < -0.4 is 4.74 Å². The first-order valence-corrected chi connectivity index (χ1v) is 5.94. The second-order valence-corrected chi connectivity index (χ2v) is 4.38. The molecule has 2 aromatic carbocycles. The van der Waals surface area contributed by atoms with E-state index in [4.69, 9.17) is 4.74 Å². The molecule has 0 saturated carbocycles. The van der Waals surface area contributed by atoms with Gasteiger partial charge in [-0.2, -0.15) is 0 Å². The molecule has 18 heavy (non-hydrogen) atoms. The van der Waals surface area contributed by atoms with Crippen LogP contribution in [0.4, 0.5) is 0 Å². The summed E-state index contributed by atoms with van der Waals surface area (Å²) >= 11 is 0. The SMILES string of the molecule is Cc1ccc(COc2cccc(C)c2C=O)cc1. The number of ether oxygens (including phenoxy) is 1. The van der Waals surface area contributed by atoms with E-state index in [2.05, 4.69) is 19.1 Å². The number of aryl methyl sites for hydroxylation is 2. The van der Waals surface area contributed by atoms with Crippen molar-refractivity contribution in [3.05, 3.63) is 64.7 Å². The summed E-state index contributed by atoms with van der Waals surface area (Å²) in [5, 5.41) is 0. The fourth-order valence-electron chi connectivity index (χ4n) is 1.78. The summed E-state index contributed by atoms with van der Waals surface area (Å²) in [6, 6.07) is 13.8. The molecule has 2 heteroatoms. The Morgan fingerprint density at radius 2 is 1.78 bits per heavy atom. The quantitative estimate of drug-likeness (QED) is 0.762. The molecule has 0 aromatic heterocycles. The lowest BCUT2D eigenvalue weighted by Gasteiger charge is -2.10. The fraction of sp³-hybridized carbons (Fsp3) is 0.188. The fourth-order valence-corrected chi connectivity index (χ4v) is 1.78. The molecule has 0 unspecified atom stereocenters. The first-order chi connectivity index (χ1) is 8.70. The van der Waals surface area contributed by atoms with E-state index in [1.165, 1.54) is 5.56 Å². The maximum Gasteiger partial charge on any atom is 0.154 e. The van der Waals surface area contributed by atoms with E-state index in [-0.39, 0.29) is 0 Å². The summed E-state index contributed by atoms with van der Waals surface area (Å²) in [7, 11) is 0. The zero-order valence-electron chi connectivity index (χ0n) is 10.6. The highest BCUT2D eigenvalue weighted by atomic mass is 16.5. The van der Waals surface area contributed by atoms with E-state index < -0.39 is 0 Å². The number of carbonyl (C=O) groups excluding carboxylic acids is 1. The van der Waals surface area contributed by atoms with Gasteiger partial charge in [0.15, 0.2) is 6.29 Å². The molecule has 0 spiro atoms. The molecule has 2 nitrogen and oxygen atoms in total. The number of hydrogen-bond donors (Lipinski definition) is 0. The molecule has 0 fully saturated rings. The second-order valence-electron chi connectivity index (χ2n) is 4.38. The van der Waals surface area contributed by atoms with Gasteiger partial charge in [-0.05, 0) is 31.0 Å². The third-order valence-electron chi connectivity index (χ3n) is 2.92. The van der Waals surface area contributed by atoms with Crippen molar-refractivity contribution in [2.45, 2.75) is 20.5 Å². The Balaban J connectivity index is 2.13. The van der Waals surface area contributed by atoms with Crippen molar-refractivity contribution in [1.29, 1.82) is 0 Å². The third-order valence-corrected chi connectivity index (χ3v) is 2.92. The van der Waals surface area contributed by atoms with Gasteiger partial charge < -0.3 is 4.74 Å². The van der Waals surface area contributed by atoms with Gasteiger partial charge in [0.1, 0.15) is 12.4 Å². The van der Waals surface area contributed by atoms with Gasteiger partial charge in [0.2, 0.25) is 0 Å². The van der Waals surface area contributed by atoms with E-state index >= 15 is 0 Å². The highest BCUT2D eigenvalue weighted by molar-refractivity contribution is 5.81. The van der Waals surface area contributed by atoms with Crippen molar-refractivity contribution in [3.8, 4) is 5.75 Å². The van der Waals surface area contributed by atoms with Gasteiger partial charge in [-0.1, -0.05) is 42.0 Å². The van der Waals surface area contributed by atoms with Crippen LogP contribution in [0.25, 0.3) is 0 Å². The van der Waals surface area contributed by atoms with E-state index in [0.29, 0.717) is 17.9 Å². The topological polar surface area (TPSA) is 26.3 Å². The van der Waals surface area contributed by atoms with Gasteiger partial charge >= 0.3 is 0 Å². The predicted octanol–water partition coefficient (Wildman–Crippen LogP) is 3.69. The minimum Gasteiger partial charge on any atom is -0.488 e. The average molecular weight is 240 g/mol. The minimum absolute atomic E-state index is 0.477. The Kier molecular flexibility index (Phi) is 3.78. The molecule has 0 aliphatic rings. The van der Waals surface area contributed by atoms with Gasteiger partial charge in [-0.15, -0.1) is 0 Å². The first kappa shape index (κ1) is 12.4. The van der Waals surface area contributed by atoms with Gasteiger partial charge in [0.05, 0.1) is 5.56 Å². The normalized spacial score (nSPS) is 10.1. The summed E-state index contributed by atoms with van der Waals surface area (Å²) < 4.78 is 5.70. The van der Waals surface area contributed by atoms with Gasteiger partial charge in [-0.25, -0.2) is 0 Å². The standard InChI is InChI=1S/C16H16O2/c1-12-6-8-14(9-7-12)11-18-16-5-3-4-13(2)15(16)10-17/h3-10H,11H2,1-2H3. The third kappa shape index (κ3) is 2.77. The van der Waals surface area contributed by atoms with E-state index in [1.807, 2.05) is 37.3 Å². The van der Waals surface area contributed by atoms with Crippen molar-refractivity contribution in [1.82, 2.24) is 0 Å². The molecule has 0 amide bonds. The lowest BCUT2D eigenvalue weighted by atomic mass is 10.1. The molecule has 0 aliphatic heterocycles. The molecule has 0 N–H and O–H groups in total. The Bertz CT molecular complexity index is 542.